The maximum absolute atomic E-state index is 15.5. The van der Waals surface area contributed by atoms with Crippen LogP contribution >= 0.6 is 0 Å². The summed E-state index contributed by atoms with van der Waals surface area (Å²) in [5.74, 6) is -16.5. The van der Waals surface area contributed by atoms with Crippen LogP contribution in [0.2, 0.25) is 0 Å². The van der Waals surface area contributed by atoms with Crippen molar-refractivity contribution in [2.24, 2.45) is 41.1 Å². The summed E-state index contributed by atoms with van der Waals surface area (Å²) in [6.45, 7) is 10.6. The molecule has 0 spiro atoms. The lowest BCUT2D eigenvalue weighted by molar-refractivity contribution is -0.145. The Morgan fingerprint density at radius 3 is 1.83 bits per heavy atom. The number of carbonyl (C=O) groups is 17. The fraction of sp³-hybridized carbons (Fsp3) is 0.667. The Hall–Kier alpha value is -11.6. The molecule has 4 aliphatic heterocycles. The highest BCUT2D eigenvalue weighted by Gasteiger charge is 2.46. The van der Waals surface area contributed by atoms with Crippen LogP contribution in [0.4, 0.5) is 20.1 Å². The van der Waals surface area contributed by atoms with E-state index in [4.69, 9.17) is 63.6 Å². The number of nitrogens with two attached hydrogens (primary N) is 2. The number of fused-ring (bicyclic) bond motifs is 5. The van der Waals surface area contributed by atoms with E-state index in [-0.39, 0.29) is 182 Å². The quantitative estimate of drug-likeness (QED) is 0.0249. The Kier molecular flexibility index (Phi) is 52.1. The molecule has 143 heavy (non-hydrogen) atoms. The third-order valence-electron chi connectivity index (χ3n) is 24.3. The van der Waals surface area contributed by atoms with Crippen LogP contribution in [-0.4, -0.2) is 397 Å². The summed E-state index contributed by atoms with van der Waals surface area (Å²) >= 11 is 0. The molecule has 2 fully saturated rings. The molecule has 13 atom stereocenters. The second kappa shape index (κ2) is 62.9. The van der Waals surface area contributed by atoms with Crippen molar-refractivity contribution in [3.8, 4) is 5.75 Å². The number of hydrogen-bond acceptors (Lipinski definition) is 32. The summed E-state index contributed by atoms with van der Waals surface area (Å²) in [5, 5.41) is 57.8. The van der Waals surface area contributed by atoms with Gasteiger partial charge in [0, 0.05) is 121 Å². The number of hydrogen-bond donors (Lipinski definition) is 16. The Bertz CT molecular complexity index is 4720. The number of amides is 16. The van der Waals surface area contributed by atoms with E-state index in [2.05, 4.69) is 58.2 Å². The number of H-pyrrole nitrogens is 1. The van der Waals surface area contributed by atoms with Crippen LogP contribution in [0.25, 0.3) is 10.9 Å². The SMILES string of the molecule is CC[C@H](C)[C@@H]1NC(=O)CNC(=O)[C@H]2Cc3c([nH]c4cc(OC(=O)N(C)CCN(CCOCCOCCOCCOCCC(=O)N5CCC(C(C)=O)CC5)C(=O)OCc5ccc(NC(=O)[C@H](CCCNC(N)=O)NC(=O)[C@@H](NC(=O)CCOCCOCCOCCOCCOC)C(C)C)cc5)ccc34)S(=O)C[C@H](NC(=O)CNC1=O)C(=O)C[C@@H](CC(N)=O)C(=O)N1C[C@H](O)C[C@H]1C(=O)N[C@@H]([C@@H](C)[C@@H](O)CO)C(=O)N2. The summed E-state index contributed by atoms with van der Waals surface area (Å²) in [4.78, 5) is 243. The predicted molar refractivity (Wildman–Crippen MR) is 510 cm³/mol. The van der Waals surface area contributed by atoms with E-state index >= 15 is 9.00 Å². The van der Waals surface area contributed by atoms with Gasteiger partial charge >= 0.3 is 18.2 Å². The molecule has 4 aliphatic rings. The number of aromatic amines is 1. The number of ketones is 2. The van der Waals surface area contributed by atoms with Crippen molar-refractivity contribution in [1.29, 1.82) is 0 Å². The fourth-order valence-electron chi connectivity index (χ4n) is 15.7. The summed E-state index contributed by atoms with van der Waals surface area (Å²) in [6, 6.07) is -1.57. The summed E-state index contributed by atoms with van der Waals surface area (Å²) in [7, 11) is 0.363. The molecule has 2 saturated heterocycles. The highest BCUT2D eigenvalue weighted by atomic mass is 32.2. The standard InChI is InChI=1S/C93H143N17O32S/c1-9-57(4)81-86(124)98-50-77(118)100-71-55-143(131)89-67(49-70(83(121)97-51-78(119)105-81)102-88(126)82(58(5)74(115)53-111)106-85(123)72-47-64(113)52-110(72)90(127)62(45-73(71)114)46-75(94)116)66-17-16-65(48-69(66)103-89)142-92(129)107(7)25-26-109(27-30-135-35-38-139-43-41-138-37-34-134-29-21-79(120)108-23-18-61(19-24-108)59(6)112)93(130)141-54-60-12-14-63(15-13-60)99-84(122)68(11-10-22-96-91(95)128)101-87(125)80(56(2)3)104-76(117)20-28-133-33-36-137-42-44-140-40-39-136-32-31-132-8/h12-17,48,56-58,61-62,64,68,70-72,74,80-82,103,111,113,115H,9-11,18-47,49-55H2,1-8H3,(H2,94,116)(H,97,121)(H,98,124)(H,99,122)(H,100,118)(H,101,125)(H,102,126)(H,104,117)(H,105,119)(H,106,123)(H3,95,96,128)/t57-,58-,62-,64+,68-,70+,71-,72-,74-,80-,81-,82-,143?/m0/s1. The third-order valence-corrected chi connectivity index (χ3v) is 25.7. The molecule has 18 N–H and O–H groups in total. The number of piperidine rings is 1. The predicted octanol–water partition coefficient (Wildman–Crippen LogP) is -3.07. The second-order valence-corrected chi connectivity index (χ2v) is 36.8. The minimum Gasteiger partial charge on any atom is -0.445 e. The Labute approximate surface area is 831 Å². The number of urea groups is 1. The first-order valence-corrected chi connectivity index (χ1v) is 49.3. The number of ether oxygens (including phenoxy) is 11. The van der Waals surface area contributed by atoms with Crippen molar-refractivity contribution in [3.05, 3.63) is 53.6 Å². The van der Waals surface area contributed by atoms with E-state index in [1.807, 2.05) is 0 Å². The van der Waals surface area contributed by atoms with Gasteiger partial charge in [-0.25, -0.2) is 14.4 Å². The molecule has 50 heteroatoms. The molecular formula is C93H143N17O32S. The second-order valence-electron chi connectivity index (χ2n) is 35.4. The maximum atomic E-state index is 15.5. The first kappa shape index (κ1) is 118. The van der Waals surface area contributed by atoms with E-state index in [0.717, 1.165) is 9.80 Å². The Morgan fingerprint density at radius 1 is 0.650 bits per heavy atom. The molecule has 7 rings (SSSR count). The first-order chi connectivity index (χ1) is 68.4. The van der Waals surface area contributed by atoms with Crippen LogP contribution in [0.1, 0.15) is 117 Å². The van der Waals surface area contributed by atoms with Crippen LogP contribution in [0.3, 0.4) is 0 Å². The van der Waals surface area contributed by atoms with Crippen molar-refractivity contribution in [2.45, 2.75) is 178 Å². The van der Waals surface area contributed by atoms with Gasteiger partial charge in [0.1, 0.15) is 59.4 Å². The normalized spacial score (nSPS) is 20.3. The third kappa shape index (κ3) is 40.9. The monoisotopic (exact) mass is 2040 g/mol. The highest BCUT2D eigenvalue weighted by molar-refractivity contribution is 7.85. The summed E-state index contributed by atoms with van der Waals surface area (Å²) in [6.07, 6.45) is -6.08. The summed E-state index contributed by atoms with van der Waals surface area (Å²) in [5.41, 5.74) is 11.6. The number of anilines is 1. The number of rotatable bonds is 54. The van der Waals surface area contributed by atoms with Crippen molar-refractivity contribution in [2.75, 3.05) is 203 Å². The molecule has 49 nitrogen and oxygen atoms in total. The van der Waals surface area contributed by atoms with Crippen molar-refractivity contribution in [3.63, 3.8) is 0 Å². The van der Waals surface area contributed by atoms with Crippen LogP contribution in [0, 0.1) is 29.6 Å². The smallest absolute Gasteiger partial charge is 0.415 e. The van der Waals surface area contributed by atoms with E-state index in [1.54, 1.807) is 58.8 Å². The van der Waals surface area contributed by atoms with Gasteiger partial charge in [-0.05, 0) is 79.8 Å². The van der Waals surface area contributed by atoms with Crippen molar-refractivity contribution < 1.29 is 153 Å². The first-order valence-electron chi connectivity index (χ1n) is 48.0. The Morgan fingerprint density at radius 2 is 1.24 bits per heavy atom. The highest BCUT2D eigenvalue weighted by Crippen LogP contribution is 2.33. The number of aliphatic hydroxyl groups excluding tert-OH is 3. The number of benzene rings is 2. The van der Waals surface area contributed by atoms with Gasteiger partial charge in [-0.3, -0.25) is 71.3 Å². The van der Waals surface area contributed by atoms with Crippen LogP contribution in [0.15, 0.2) is 47.5 Å². The molecule has 1 unspecified atom stereocenters. The van der Waals surface area contributed by atoms with E-state index < -0.39 is 236 Å². The van der Waals surface area contributed by atoms with Gasteiger partial charge < -0.3 is 157 Å². The van der Waals surface area contributed by atoms with Gasteiger partial charge in [-0.1, -0.05) is 53.2 Å². The molecule has 5 heterocycles. The Balaban J connectivity index is 1.09. The zero-order valence-corrected chi connectivity index (χ0v) is 83.3. The van der Waals surface area contributed by atoms with Crippen molar-refractivity contribution in [1.82, 2.24) is 72.4 Å². The molecule has 798 valence electrons. The zero-order chi connectivity index (χ0) is 105. The number of methoxy groups -OCH3 is 1. The van der Waals surface area contributed by atoms with E-state index in [0.29, 0.717) is 77.6 Å². The van der Waals surface area contributed by atoms with Crippen molar-refractivity contribution >= 4 is 128 Å². The summed E-state index contributed by atoms with van der Waals surface area (Å²) < 4.78 is 76.9. The molecule has 0 radical (unpaired) electrons. The molecule has 1 aromatic heterocycles. The lowest BCUT2D eigenvalue weighted by atomic mass is 9.93. The number of aromatic nitrogens is 1. The van der Waals surface area contributed by atoms with Gasteiger partial charge in [0.2, 0.25) is 70.9 Å². The minimum atomic E-state index is -2.57. The average Bonchev–Trinajstić information content (AvgIpc) is 1.63. The topological polar surface area (TPSA) is 671 Å². The molecule has 0 aliphatic carbocycles. The zero-order valence-electron chi connectivity index (χ0n) is 82.4. The van der Waals surface area contributed by atoms with Gasteiger partial charge in [0.25, 0.3) is 0 Å². The maximum Gasteiger partial charge on any atom is 0.415 e. The number of aliphatic hydroxyl groups is 3. The van der Waals surface area contributed by atoms with E-state index in [1.165, 1.54) is 49.2 Å². The van der Waals surface area contributed by atoms with Crippen LogP contribution in [-0.2, 0) is 138 Å². The average molecular weight is 2040 g/mol. The largest absolute Gasteiger partial charge is 0.445 e. The van der Waals surface area contributed by atoms with E-state index in [9.17, 15) is 92.0 Å². The minimum absolute atomic E-state index is 0.0154. The molecule has 2 aromatic carbocycles. The van der Waals surface area contributed by atoms with Gasteiger partial charge in [0.15, 0.2) is 5.78 Å². The molecule has 16 amide bonds. The number of likely N-dealkylation sites (tertiary alicyclic amines) is 1. The molecule has 0 saturated carbocycles. The number of Topliss-reactive ketones (excluding diaryl/α,β-unsaturated/α-hetero) is 2. The van der Waals surface area contributed by atoms with Gasteiger partial charge in [-0.15, -0.1) is 0 Å². The molecule has 2 bridgehead atoms. The van der Waals surface area contributed by atoms with Gasteiger partial charge in [0.05, 0.1) is 185 Å². The molecular weight excluding hydrogens is 1900 g/mol. The van der Waals surface area contributed by atoms with Gasteiger partial charge in [-0.2, -0.15) is 0 Å². The number of carbonyl (C=O) groups excluding carboxylic acids is 17. The van der Waals surface area contributed by atoms with Crippen LogP contribution < -0.4 is 69.4 Å². The number of primary amides is 2. The number of likely N-dealkylation sites (N-methyl/N-ethyl adjacent to an activating group) is 1. The lowest BCUT2D eigenvalue weighted by Crippen LogP contribution is -2.61. The lowest BCUT2D eigenvalue weighted by Gasteiger charge is -2.32. The van der Waals surface area contributed by atoms with Crippen LogP contribution in [0.5, 0.6) is 5.75 Å². The number of nitrogens with one attached hydrogen (secondary N) is 11. The fourth-order valence-corrected chi connectivity index (χ4v) is 17.1. The number of nitrogens with zero attached hydrogens (tertiary/aromatic N) is 4. The molecule has 3 aromatic rings.